The second-order valence-corrected chi connectivity index (χ2v) is 5.18. The lowest BCUT2D eigenvalue weighted by Gasteiger charge is -2.24. The largest absolute Gasteiger partial charge is 0.316 e. The fourth-order valence-electron chi connectivity index (χ4n) is 1.76. The predicted molar refractivity (Wildman–Crippen MR) is 67.0 cm³/mol. The summed E-state index contributed by atoms with van der Waals surface area (Å²) in [6.07, 6.45) is 1.41. The highest BCUT2D eigenvalue weighted by atomic mass is 19.1. The van der Waals surface area contributed by atoms with Crippen molar-refractivity contribution in [1.82, 2.24) is 5.32 Å². The highest BCUT2D eigenvalue weighted by Crippen LogP contribution is 2.23. The Hall–Kier alpha value is -0.960. The van der Waals surface area contributed by atoms with Gasteiger partial charge in [-0.15, -0.1) is 0 Å². The van der Waals surface area contributed by atoms with Crippen LogP contribution in [0.4, 0.5) is 8.78 Å². The molecule has 0 aliphatic carbocycles. The highest BCUT2D eigenvalue weighted by molar-refractivity contribution is 5.19. The maximum absolute atomic E-state index is 13.4. The number of rotatable bonds is 6. The maximum atomic E-state index is 13.4. The zero-order chi connectivity index (χ0) is 12.9. The van der Waals surface area contributed by atoms with Gasteiger partial charge in [0, 0.05) is 6.54 Å². The first-order valence-electron chi connectivity index (χ1n) is 6.09. The molecule has 0 aliphatic heterocycles. The number of hydrogen-bond acceptors (Lipinski definition) is 1. The summed E-state index contributed by atoms with van der Waals surface area (Å²) in [5, 5.41) is 3.28. The first kappa shape index (κ1) is 14.1. The molecule has 3 heteroatoms. The summed E-state index contributed by atoms with van der Waals surface area (Å²) in [6.45, 7) is 8.14. The first-order valence-corrected chi connectivity index (χ1v) is 6.09. The zero-order valence-corrected chi connectivity index (χ0v) is 10.8. The van der Waals surface area contributed by atoms with Crippen LogP contribution in [-0.2, 0) is 6.42 Å². The van der Waals surface area contributed by atoms with Gasteiger partial charge in [-0.3, -0.25) is 0 Å². The number of hydrogen-bond donors (Lipinski definition) is 1. The van der Waals surface area contributed by atoms with Gasteiger partial charge in [0.25, 0.3) is 0 Å². The van der Waals surface area contributed by atoms with Gasteiger partial charge in [-0.1, -0.05) is 20.8 Å². The Bertz CT molecular complexity index is 361. The molecule has 1 N–H and O–H groups in total. The lowest BCUT2D eigenvalue weighted by Crippen LogP contribution is -2.29. The van der Waals surface area contributed by atoms with Crippen LogP contribution in [0.1, 0.15) is 32.8 Å². The van der Waals surface area contributed by atoms with Crippen LogP contribution in [0.3, 0.4) is 0 Å². The molecule has 0 aromatic heterocycles. The Morgan fingerprint density at radius 3 is 2.59 bits per heavy atom. The van der Waals surface area contributed by atoms with E-state index in [2.05, 4.69) is 26.1 Å². The van der Waals surface area contributed by atoms with Crippen molar-refractivity contribution in [2.45, 2.75) is 33.6 Å². The number of aryl methyl sites for hydroxylation is 1. The van der Waals surface area contributed by atoms with Crippen LogP contribution in [0.2, 0.25) is 0 Å². The van der Waals surface area contributed by atoms with Crippen molar-refractivity contribution in [2.24, 2.45) is 5.41 Å². The number of halogens is 2. The first-order chi connectivity index (χ1) is 7.94. The van der Waals surface area contributed by atoms with E-state index >= 15 is 0 Å². The van der Waals surface area contributed by atoms with Crippen molar-refractivity contribution in [3.05, 3.63) is 35.4 Å². The Balaban J connectivity index is 2.57. The summed E-state index contributed by atoms with van der Waals surface area (Å²) in [5.74, 6) is -0.684. The third kappa shape index (κ3) is 4.82. The van der Waals surface area contributed by atoms with Crippen LogP contribution in [-0.4, -0.2) is 13.1 Å². The summed E-state index contributed by atoms with van der Waals surface area (Å²) in [5.41, 5.74) is 0.559. The average molecular weight is 241 g/mol. The minimum absolute atomic E-state index is 0.0920. The van der Waals surface area contributed by atoms with Crippen LogP contribution in [0, 0.1) is 17.0 Å². The quantitative estimate of drug-likeness (QED) is 0.803. The molecule has 17 heavy (non-hydrogen) atoms. The molecule has 1 nitrogen and oxygen atoms in total. The molecular formula is C14H21F2N. The average Bonchev–Trinajstić information content (AvgIpc) is 2.28. The van der Waals surface area contributed by atoms with Crippen LogP contribution < -0.4 is 5.32 Å². The summed E-state index contributed by atoms with van der Waals surface area (Å²) >= 11 is 0. The molecule has 0 aliphatic rings. The van der Waals surface area contributed by atoms with E-state index in [1.165, 1.54) is 12.1 Å². The Morgan fingerprint density at radius 1 is 1.24 bits per heavy atom. The van der Waals surface area contributed by atoms with E-state index in [-0.39, 0.29) is 17.0 Å². The Kier molecular flexibility index (Phi) is 5.06. The van der Waals surface area contributed by atoms with Gasteiger partial charge in [-0.25, -0.2) is 8.78 Å². The van der Waals surface area contributed by atoms with Gasteiger partial charge in [0.1, 0.15) is 11.6 Å². The van der Waals surface area contributed by atoms with E-state index < -0.39 is 0 Å². The molecule has 0 unspecified atom stereocenters. The van der Waals surface area contributed by atoms with Crippen LogP contribution in [0.15, 0.2) is 18.2 Å². The molecule has 96 valence electrons. The van der Waals surface area contributed by atoms with Crippen molar-refractivity contribution in [3.8, 4) is 0 Å². The Labute approximate surface area is 102 Å². The topological polar surface area (TPSA) is 12.0 Å². The van der Waals surface area contributed by atoms with Gasteiger partial charge in [0.15, 0.2) is 0 Å². The van der Waals surface area contributed by atoms with Crippen LogP contribution >= 0.6 is 0 Å². The second-order valence-electron chi connectivity index (χ2n) is 5.18. The molecule has 1 aromatic rings. The van der Waals surface area contributed by atoms with Gasteiger partial charge in [-0.2, -0.15) is 0 Å². The van der Waals surface area contributed by atoms with Gasteiger partial charge in [0.05, 0.1) is 0 Å². The fraction of sp³-hybridized carbons (Fsp3) is 0.571. The number of benzene rings is 1. The zero-order valence-electron chi connectivity index (χ0n) is 10.8. The molecule has 0 saturated carbocycles. The molecule has 0 fully saturated rings. The summed E-state index contributed by atoms with van der Waals surface area (Å²) in [6, 6.07) is 3.64. The molecule has 1 aromatic carbocycles. The molecule has 0 amide bonds. The van der Waals surface area contributed by atoms with Crippen LogP contribution in [0.5, 0.6) is 0 Å². The van der Waals surface area contributed by atoms with Gasteiger partial charge in [-0.05, 0) is 48.6 Å². The Morgan fingerprint density at radius 2 is 1.94 bits per heavy atom. The van der Waals surface area contributed by atoms with Crippen molar-refractivity contribution in [1.29, 1.82) is 0 Å². The van der Waals surface area contributed by atoms with Crippen molar-refractivity contribution in [2.75, 3.05) is 13.1 Å². The van der Waals surface area contributed by atoms with Crippen molar-refractivity contribution in [3.63, 3.8) is 0 Å². The molecule has 1 rings (SSSR count). The minimum Gasteiger partial charge on any atom is -0.316 e. The number of nitrogens with one attached hydrogen (secondary N) is 1. The molecule has 0 radical (unpaired) electrons. The van der Waals surface area contributed by atoms with Crippen molar-refractivity contribution >= 4 is 0 Å². The molecule has 0 spiro atoms. The third-order valence-electron chi connectivity index (χ3n) is 2.93. The van der Waals surface area contributed by atoms with E-state index in [1.807, 2.05) is 0 Å². The summed E-state index contributed by atoms with van der Waals surface area (Å²) < 4.78 is 26.4. The SMILES string of the molecule is CCNCC(C)(C)CCc1cc(F)ccc1F. The van der Waals surface area contributed by atoms with E-state index in [0.717, 1.165) is 25.6 Å². The van der Waals surface area contributed by atoms with E-state index in [4.69, 9.17) is 0 Å². The van der Waals surface area contributed by atoms with E-state index in [0.29, 0.717) is 12.0 Å². The van der Waals surface area contributed by atoms with E-state index in [1.54, 1.807) is 0 Å². The molecule has 0 saturated heterocycles. The van der Waals surface area contributed by atoms with Gasteiger partial charge < -0.3 is 5.32 Å². The second kappa shape index (κ2) is 6.10. The summed E-state index contributed by atoms with van der Waals surface area (Å²) in [7, 11) is 0. The van der Waals surface area contributed by atoms with Gasteiger partial charge in [0.2, 0.25) is 0 Å². The molecule has 0 heterocycles. The molecule has 0 atom stereocenters. The minimum atomic E-state index is -0.370. The molecule has 0 bridgehead atoms. The highest BCUT2D eigenvalue weighted by Gasteiger charge is 2.18. The lowest BCUT2D eigenvalue weighted by molar-refractivity contribution is 0.316. The van der Waals surface area contributed by atoms with Crippen LogP contribution in [0.25, 0.3) is 0 Å². The third-order valence-corrected chi connectivity index (χ3v) is 2.93. The summed E-state index contributed by atoms with van der Waals surface area (Å²) in [4.78, 5) is 0. The fourth-order valence-corrected chi connectivity index (χ4v) is 1.76. The van der Waals surface area contributed by atoms with Gasteiger partial charge >= 0.3 is 0 Å². The van der Waals surface area contributed by atoms with E-state index in [9.17, 15) is 8.78 Å². The van der Waals surface area contributed by atoms with Crippen molar-refractivity contribution < 1.29 is 8.78 Å². The maximum Gasteiger partial charge on any atom is 0.126 e. The monoisotopic (exact) mass is 241 g/mol. The standard InChI is InChI=1S/C14H21F2N/c1-4-17-10-14(2,3)8-7-11-9-12(15)5-6-13(11)16/h5-6,9,17H,4,7-8,10H2,1-3H3. The normalized spacial score (nSPS) is 11.8. The predicted octanol–water partition coefficient (Wildman–Crippen LogP) is 3.53. The smallest absolute Gasteiger partial charge is 0.126 e. The molecular weight excluding hydrogens is 220 g/mol. The lowest BCUT2D eigenvalue weighted by atomic mass is 9.86.